The van der Waals surface area contributed by atoms with E-state index in [4.69, 9.17) is 4.74 Å². The first-order valence-corrected chi connectivity index (χ1v) is 11.2. The highest BCUT2D eigenvalue weighted by Gasteiger charge is 2.70. The Kier molecular flexibility index (Phi) is 4.65. The van der Waals surface area contributed by atoms with Crippen LogP contribution in [0.5, 0.6) is 5.88 Å². The normalized spacial score (nSPS) is 26.9. The smallest absolute Gasteiger partial charge is 0.417 e. The molecule has 0 spiro atoms. The van der Waals surface area contributed by atoms with Crippen molar-refractivity contribution >= 4 is 5.91 Å². The number of pyridine rings is 3. The molecule has 1 saturated heterocycles. The Bertz CT molecular complexity index is 1250. The molecular formula is C25H21F3N4O2. The van der Waals surface area contributed by atoms with Gasteiger partial charge >= 0.3 is 6.18 Å². The van der Waals surface area contributed by atoms with Gasteiger partial charge in [0.1, 0.15) is 11.8 Å². The van der Waals surface area contributed by atoms with E-state index in [0.29, 0.717) is 41.2 Å². The fraction of sp³-hybridized carbons (Fsp3) is 0.360. The zero-order valence-electron chi connectivity index (χ0n) is 18.2. The van der Waals surface area contributed by atoms with Crippen molar-refractivity contribution in [2.45, 2.75) is 31.7 Å². The number of carbonyl (C=O) groups excluding carboxylic acids is 1. The van der Waals surface area contributed by atoms with Crippen LogP contribution in [0.25, 0.3) is 11.3 Å². The molecule has 3 fully saturated rings. The number of carbonyl (C=O) groups is 1. The Hall–Kier alpha value is -3.49. The van der Waals surface area contributed by atoms with Crippen molar-refractivity contribution in [1.82, 2.24) is 19.9 Å². The van der Waals surface area contributed by atoms with Gasteiger partial charge in [-0.1, -0.05) is 6.07 Å². The number of hydrogen-bond donors (Lipinski definition) is 0. The highest BCUT2D eigenvalue weighted by atomic mass is 19.4. The second kappa shape index (κ2) is 7.51. The molecule has 3 aromatic heterocycles. The first kappa shape index (κ1) is 21.1. The second-order valence-corrected chi connectivity index (χ2v) is 9.19. The highest BCUT2D eigenvalue weighted by Crippen LogP contribution is 2.64. The number of halogens is 3. The zero-order valence-corrected chi connectivity index (χ0v) is 18.2. The highest BCUT2D eigenvalue weighted by molar-refractivity contribution is 5.99. The molecule has 174 valence electrons. The van der Waals surface area contributed by atoms with Crippen molar-refractivity contribution in [1.29, 1.82) is 0 Å². The molecule has 5 atom stereocenters. The zero-order chi connectivity index (χ0) is 23.6. The number of fused-ring (bicyclic) bond motifs is 1. The van der Waals surface area contributed by atoms with E-state index in [1.807, 2.05) is 36.1 Å². The number of aromatic nitrogens is 3. The number of alkyl halides is 3. The Morgan fingerprint density at radius 2 is 1.91 bits per heavy atom. The minimum Gasteiger partial charge on any atom is -0.472 e. The fourth-order valence-corrected chi connectivity index (χ4v) is 5.78. The largest absolute Gasteiger partial charge is 0.472 e. The fourth-order valence-electron chi connectivity index (χ4n) is 5.78. The third kappa shape index (κ3) is 3.33. The van der Waals surface area contributed by atoms with E-state index in [2.05, 4.69) is 15.0 Å². The lowest BCUT2D eigenvalue weighted by atomic mass is 10.0. The molecular weight excluding hydrogens is 445 g/mol. The molecule has 4 heterocycles. The van der Waals surface area contributed by atoms with Crippen LogP contribution >= 0.6 is 0 Å². The SMILES string of the molecule is Cc1ccnc(C(=O)N2CC3C4CC(Oc5ccc(C(F)(F)F)cn5)C2C43)c1-c1ccccn1. The van der Waals surface area contributed by atoms with E-state index >= 15 is 0 Å². The molecule has 0 radical (unpaired) electrons. The summed E-state index contributed by atoms with van der Waals surface area (Å²) in [6.07, 6.45) is 0.0915. The maximum atomic E-state index is 13.7. The topological polar surface area (TPSA) is 68.2 Å². The van der Waals surface area contributed by atoms with Crippen LogP contribution in [0.1, 0.15) is 28.0 Å². The molecule has 1 amide bonds. The van der Waals surface area contributed by atoms with E-state index in [-0.39, 0.29) is 23.9 Å². The van der Waals surface area contributed by atoms with E-state index in [0.717, 1.165) is 24.2 Å². The Morgan fingerprint density at radius 3 is 2.62 bits per heavy atom. The van der Waals surface area contributed by atoms with Gasteiger partial charge in [0.2, 0.25) is 5.88 Å². The van der Waals surface area contributed by atoms with Crippen LogP contribution < -0.4 is 4.74 Å². The molecule has 9 heteroatoms. The molecule has 3 aliphatic rings. The summed E-state index contributed by atoms with van der Waals surface area (Å²) in [5.74, 6) is 1.24. The van der Waals surface area contributed by atoms with Gasteiger partial charge in [-0.25, -0.2) is 4.98 Å². The molecule has 2 aliphatic carbocycles. The monoisotopic (exact) mass is 466 g/mol. The second-order valence-electron chi connectivity index (χ2n) is 9.19. The van der Waals surface area contributed by atoms with Crippen LogP contribution in [-0.4, -0.2) is 44.4 Å². The number of nitrogens with zero attached hydrogens (tertiary/aromatic N) is 4. The molecule has 3 aromatic rings. The van der Waals surface area contributed by atoms with Crippen LogP contribution in [0.2, 0.25) is 0 Å². The number of hydrogen-bond acceptors (Lipinski definition) is 5. The van der Waals surface area contributed by atoms with Crippen molar-refractivity contribution < 1.29 is 22.7 Å². The minimum atomic E-state index is -4.45. The van der Waals surface area contributed by atoms with Crippen molar-refractivity contribution in [2.24, 2.45) is 17.8 Å². The summed E-state index contributed by atoms with van der Waals surface area (Å²) in [4.78, 5) is 28.3. The van der Waals surface area contributed by atoms with Gasteiger partial charge in [-0.2, -0.15) is 13.2 Å². The average Bonchev–Trinajstić information content (AvgIpc) is 3.18. The van der Waals surface area contributed by atoms with E-state index in [1.165, 1.54) is 6.07 Å². The first-order chi connectivity index (χ1) is 16.3. The Labute approximate surface area is 193 Å². The molecule has 1 aliphatic heterocycles. The number of likely N-dealkylation sites (tertiary alicyclic amines) is 1. The Morgan fingerprint density at radius 1 is 1.06 bits per heavy atom. The van der Waals surface area contributed by atoms with Gasteiger partial charge < -0.3 is 9.64 Å². The number of rotatable bonds is 4. The summed E-state index contributed by atoms with van der Waals surface area (Å²) >= 11 is 0. The summed E-state index contributed by atoms with van der Waals surface area (Å²) in [7, 11) is 0. The van der Waals surface area contributed by atoms with E-state index < -0.39 is 11.7 Å². The van der Waals surface area contributed by atoms with E-state index in [1.54, 1.807) is 12.4 Å². The predicted octanol–water partition coefficient (Wildman–Crippen LogP) is 4.40. The molecule has 0 N–H and O–H groups in total. The number of ether oxygens (including phenoxy) is 1. The summed E-state index contributed by atoms with van der Waals surface area (Å²) in [6, 6.07) is 9.47. The van der Waals surface area contributed by atoms with Crippen LogP contribution in [0.3, 0.4) is 0 Å². The standard InChI is InChI=1S/C25H21F3N4O2/c1-13-7-9-30-22(20(13)17-4-2-3-8-29-17)24(33)32-12-16-15-10-18(23(32)21(15)16)34-19-6-5-14(11-31-19)25(26,27)28/h2-9,11,15-16,18,21,23H,10,12H2,1H3. The van der Waals surface area contributed by atoms with Gasteiger partial charge in [-0.15, -0.1) is 0 Å². The van der Waals surface area contributed by atoms with Gasteiger partial charge in [0, 0.05) is 36.8 Å². The Balaban J connectivity index is 1.27. The molecule has 0 aromatic carbocycles. The molecule has 5 unspecified atom stereocenters. The predicted molar refractivity (Wildman–Crippen MR) is 116 cm³/mol. The quantitative estimate of drug-likeness (QED) is 0.570. The summed E-state index contributed by atoms with van der Waals surface area (Å²) in [5.41, 5.74) is 1.85. The van der Waals surface area contributed by atoms with Crippen LogP contribution in [0.15, 0.2) is 55.0 Å². The molecule has 2 saturated carbocycles. The van der Waals surface area contributed by atoms with Crippen molar-refractivity contribution in [2.75, 3.05) is 6.54 Å². The lowest BCUT2D eigenvalue weighted by Gasteiger charge is -2.30. The van der Waals surface area contributed by atoms with Gasteiger partial charge in [0.15, 0.2) is 0 Å². The van der Waals surface area contributed by atoms with Crippen molar-refractivity contribution in [3.05, 3.63) is 71.8 Å². The van der Waals surface area contributed by atoms with E-state index in [9.17, 15) is 18.0 Å². The maximum absolute atomic E-state index is 13.7. The van der Waals surface area contributed by atoms with Gasteiger partial charge in [0.25, 0.3) is 5.91 Å². The molecule has 6 nitrogen and oxygen atoms in total. The van der Waals surface area contributed by atoms with Crippen LogP contribution in [0.4, 0.5) is 13.2 Å². The number of amides is 1. The minimum absolute atomic E-state index is 0.137. The third-order valence-corrected chi connectivity index (χ3v) is 7.32. The molecule has 6 rings (SSSR count). The maximum Gasteiger partial charge on any atom is 0.417 e. The van der Waals surface area contributed by atoms with Gasteiger partial charge in [-0.05, 0) is 60.9 Å². The first-order valence-electron chi connectivity index (χ1n) is 11.2. The molecule has 34 heavy (non-hydrogen) atoms. The summed E-state index contributed by atoms with van der Waals surface area (Å²) in [6.45, 7) is 2.56. The number of piperidine rings is 1. The van der Waals surface area contributed by atoms with Gasteiger partial charge in [-0.3, -0.25) is 14.8 Å². The third-order valence-electron chi connectivity index (χ3n) is 7.32. The van der Waals surface area contributed by atoms with Crippen molar-refractivity contribution in [3.8, 4) is 17.1 Å². The number of aryl methyl sites for hydroxylation is 1. The van der Waals surface area contributed by atoms with Crippen molar-refractivity contribution in [3.63, 3.8) is 0 Å². The van der Waals surface area contributed by atoms with Crippen LogP contribution in [0, 0.1) is 24.7 Å². The van der Waals surface area contributed by atoms with Gasteiger partial charge in [0.05, 0.1) is 17.3 Å². The lowest BCUT2D eigenvalue weighted by Crippen LogP contribution is -2.45. The lowest BCUT2D eigenvalue weighted by molar-refractivity contribution is -0.137. The van der Waals surface area contributed by atoms with Crippen LogP contribution in [-0.2, 0) is 6.18 Å². The summed E-state index contributed by atoms with van der Waals surface area (Å²) in [5, 5.41) is 0. The average molecular weight is 466 g/mol. The molecule has 0 bridgehead atoms. The summed E-state index contributed by atoms with van der Waals surface area (Å²) < 4.78 is 44.6.